The fourth-order valence-electron chi connectivity index (χ4n) is 3.86. The number of carbonyl (C=O) groups is 3. The van der Waals surface area contributed by atoms with E-state index in [0.717, 1.165) is 17.4 Å². The molecule has 4 aliphatic rings. The first-order valence-electron chi connectivity index (χ1n) is 9.78. The lowest BCUT2D eigenvalue weighted by Crippen LogP contribution is -2.71. The Morgan fingerprint density at radius 1 is 1.38 bits per heavy atom. The number of amides is 2. The molecule has 16 heteroatoms. The number of anilines is 1. The predicted molar refractivity (Wildman–Crippen MR) is 120 cm³/mol. The molecule has 5 heterocycles. The Kier molecular flexibility index (Phi) is 5.37. The number of fused-ring (bicyclic) bond motifs is 2. The van der Waals surface area contributed by atoms with E-state index in [1.165, 1.54) is 16.7 Å². The van der Waals surface area contributed by atoms with Crippen LogP contribution in [-0.2, 0) is 14.4 Å². The fraction of sp³-hybridized carbons (Fsp3) is 0.222. The minimum atomic E-state index is -1.23. The van der Waals surface area contributed by atoms with E-state index in [0.29, 0.717) is 11.3 Å². The van der Waals surface area contributed by atoms with Gasteiger partial charge in [0.25, 0.3) is 11.8 Å². The number of nitrogen functional groups attached to an aromatic ring is 1. The van der Waals surface area contributed by atoms with Crippen molar-refractivity contribution in [3.63, 3.8) is 0 Å². The zero-order valence-corrected chi connectivity index (χ0v) is 18.8. The second-order valence-corrected chi connectivity index (χ2v) is 9.22. The summed E-state index contributed by atoms with van der Waals surface area (Å²) in [6, 6.07) is -1.00. The first-order chi connectivity index (χ1) is 16.4. The van der Waals surface area contributed by atoms with Crippen molar-refractivity contribution >= 4 is 51.9 Å². The van der Waals surface area contributed by atoms with Gasteiger partial charge >= 0.3 is 5.97 Å². The van der Waals surface area contributed by atoms with Crippen LogP contribution in [0.15, 0.2) is 53.0 Å². The summed E-state index contributed by atoms with van der Waals surface area (Å²) in [5.41, 5.74) is 8.51. The number of hydrogen-bond acceptors (Lipinski definition) is 13. The third-order valence-electron chi connectivity index (χ3n) is 5.36. The molecule has 0 bridgehead atoms. The molecule has 5 rings (SSSR count). The van der Waals surface area contributed by atoms with Gasteiger partial charge in [0.15, 0.2) is 5.13 Å². The van der Waals surface area contributed by atoms with Crippen LogP contribution in [0.2, 0.25) is 0 Å². The molecular formula is C18H17N9O5S2. The number of rotatable bonds is 6. The average Bonchev–Trinajstić information content (AvgIpc) is 3.44. The van der Waals surface area contributed by atoms with E-state index < -0.39 is 34.9 Å². The number of hydrazine groups is 1. The molecule has 1 aromatic heterocycles. The maximum Gasteiger partial charge on any atom is 0.352 e. The number of thioether (sulfide) groups is 1. The van der Waals surface area contributed by atoms with Crippen molar-refractivity contribution in [3.8, 4) is 0 Å². The van der Waals surface area contributed by atoms with Crippen LogP contribution in [0, 0.1) is 0 Å². The molecule has 4 aliphatic heterocycles. The Labute approximate surface area is 199 Å². The summed E-state index contributed by atoms with van der Waals surface area (Å²) in [7, 11) is 0. The second kappa shape index (κ2) is 8.38. The van der Waals surface area contributed by atoms with Crippen molar-refractivity contribution in [2.24, 2.45) is 5.16 Å². The highest BCUT2D eigenvalue weighted by atomic mass is 32.2. The minimum Gasteiger partial charge on any atom is -0.477 e. The summed E-state index contributed by atoms with van der Waals surface area (Å²) in [6.07, 6.45) is 9.09. The van der Waals surface area contributed by atoms with Crippen molar-refractivity contribution < 1.29 is 24.7 Å². The van der Waals surface area contributed by atoms with Gasteiger partial charge in [0.2, 0.25) is 11.5 Å². The number of carbonyl (C=O) groups excluding carboxylic acids is 2. The molecule has 2 atom stereocenters. The number of allylic oxidation sites excluding steroid dienone is 2. The highest BCUT2D eigenvalue weighted by molar-refractivity contribution is 8.00. The van der Waals surface area contributed by atoms with Crippen LogP contribution < -0.4 is 16.5 Å². The molecule has 0 radical (unpaired) electrons. The molecule has 0 aliphatic carbocycles. The van der Waals surface area contributed by atoms with Crippen LogP contribution in [0.4, 0.5) is 5.13 Å². The van der Waals surface area contributed by atoms with Gasteiger partial charge in [-0.1, -0.05) is 5.16 Å². The number of nitrogens with two attached hydrogens (primary N) is 1. The Bertz CT molecular complexity index is 1240. The Morgan fingerprint density at radius 2 is 2.21 bits per heavy atom. The summed E-state index contributed by atoms with van der Waals surface area (Å²) in [6.45, 7) is 0.273. The van der Waals surface area contributed by atoms with Crippen LogP contribution in [0.5, 0.6) is 0 Å². The maximum absolute atomic E-state index is 12.9. The van der Waals surface area contributed by atoms with Gasteiger partial charge in [-0.2, -0.15) is 9.36 Å². The van der Waals surface area contributed by atoms with Crippen LogP contribution >= 0.6 is 23.3 Å². The van der Waals surface area contributed by atoms with Crippen molar-refractivity contribution in [2.45, 2.75) is 11.4 Å². The number of aromatic nitrogens is 2. The number of β-lactam (4-membered cyclic amide) rings is 1. The average molecular weight is 504 g/mol. The van der Waals surface area contributed by atoms with E-state index in [-0.39, 0.29) is 23.2 Å². The summed E-state index contributed by atoms with van der Waals surface area (Å²) in [5, 5.41) is 25.8. The molecule has 0 spiro atoms. The molecule has 2 amide bonds. The van der Waals surface area contributed by atoms with E-state index in [1.54, 1.807) is 17.4 Å². The van der Waals surface area contributed by atoms with Crippen molar-refractivity contribution in [2.75, 3.05) is 18.0 Å². The van der Waals surface area contributed by atoms with Crippen LogP contribution in [-0.4, -0.2) is 81.7 Å². The highest BCUT2D eigenvalue weighted by Crippen LogP contribution is 2.41. The zero-order chi connectivity index (χ0) is 24.0. The molecule has 0 aromatic carbocycles. The summed E-state index contributed by atoms with van der Waals surface area (Å²) in [5.74, 6) is -1.70. The number of aliphatic carboxylic acids is 1. The van der Waals surface area contributed by atoms with E-state index >= 15 is 0 Å². The van der Waals surface area contributed by atoms with Crippen molar-refractivity contribution in [3.05, 3.63) is 53.7 Å². The first kappa shape index (κ1) is 21.8. The molecule has 176 valence electrons. The summed E-state index contributed by atoms with van der Waals surface area (Å²) >= 11 is 2.15. The third-order valence-corrected chi connectivity index (χ3v) is 7.24. The molecule has 6 N–H and O–H groups in total. The first-order valence-corrected chi connectivity index (χ1v) is 11.6. The lowest BCUT2D eigenvalue weighted by atomic mass is 10.0. The lowest BCUT2D eigenvalue weighted by Gasteiger charge is -2.49. The third kappa shape index (κ3) is 3.52. The van der Waals surface area contributed by atoms with Crippen LogP contribution in [0.1, 0.15) is 5.82 Å². The van der Waals surface area contributed by atoms with E-state index in [1.807, 2.05) is 23.3 Å². The van der Waals surface area contributed by atoms with Gasteiger partial charge in [0, 0.05) is 42.4 Å². The molecule has 34 heavy (non-hydrogen) atoms. The van der Waals surface area contributed by atoms with Gasteiger partial charge < -0.3 is 31.7 Å². The standard InChI is InChI=1S/C18H17N9O5S2/c19-18-22-13(24-34-18)10(23-32)14(28)21-11-15(29)27-12(17(30)31)8(7-33-16(11)27)6-25-4-5-26-9(25)2-1-3-20-26/h1-5,11,16,20,32H,6-7H2,(H,21,28)(H,30,31)(H2,19,22,24)/b23-10-/t11-,16+/m1/s1. The largest absolute Gasteiger partial charge is 0.477 e. The number of hydrogen-bond donors (Lipinski definition) is 5. The topological polar surface area (TPSA) is 190 Å². The Hall–Kier alpha value is -4.05. The van der Waals surface area contributed by atoms with E-state index in [9.17, 15) is 24.7 Å². The molecule has 0 unspecified atom stereocenters. The molecule has 1 aromatic rings. The van der Waals surface area contributed by atoms with Gasteiger partial charge in [-0.25, -0.2) is 9.80 Å². The number of nitrogens with zero attached hydrogens (tertiary/aromatic N) is 6. The minimum absolute atomic E-state index is 0.0770. The number of carboxylic acids is 1. The van der Waals surface area contributed by atoms with Crippen LogP contribution in [0.25, 0.3) is 0 Å². The van der Waals surface area contributed by atoms with E-state index in [4.69, 9.17) is 5.73 Å². The van der Waals surface area contributed by atoms with Gasteiger partial charge in [-0.15, -0.1) is 11.8 Å². The van der Waals surface area contributed by atoms with Gasteiger partial charge in [-0.05, 0) is 17.7 Å². The molecule has 0 saturated carbocycles. The lowest BCUT2D eigenvalue weighted by molar-refractivity contribution is -0.150. The SMILES string of the molecule is Nc1nc(/C(=N/O)C(=O)N[C@@H]2C(=O)N3C(C(=O)O)=C(CN4C=CN5NC=CC=C45)CS[C@@H]23)ns1. The number of oxime groups is 1. The van der Waals surface area contributed by atoms with Crippen molar-refractivity contribution in [1.82, 2.24) is 34.9 Å². The quantitative estimate of drug-likeness (QED) is 0.138. The smallest absolute Gasteiger partial charge is 0.352 e. The second-order valence-electron chi connectivity index (χ2n) is 7.33. The van der Waals surface area contributed by atoms with Gasteiger partial charge in [-0.3, -0.25) is 14.5 Å². The molecule has 1 fully saturated rings. The predicted octanol–water partition coefficient (Wildman–Crippen LogP) is -1.00. The maximum atomic E-state index is 12.9. The Balaban J connectivity index is 1.33. The summed E-state index contributed by atoms with van der Waals surface area (Å²) < 4.78 is 3.82. The molecule has 14 nitrogen and oxygen atoms in total. The zero-order valence-electron chi connectivity index (χ0n) is 17.2. The van der Waals surface area contributed by atoms with Crippen molar-refractivity contribution in [1.29, 1.82) is 0 Å². The molecule has 1 saturated heterocycles. The van der Waals surface area contributed by atoms with E-state index in [2.05, 4.69) is 25.3 Å². The van der Waals surface area contributed by atoms with Gasteiger partial charge in [0.1, 0.15) is 22.9 Å². The number of nitrogens with one attached hydrogen (secondary N) is 2. The highest BCUT2D eigenvalue weighted by Gasteiger charge is 2.54. The Morgan fingerprint density at radius 3 is 2.91 bits per heavy atom. The van der Waals surface area contributed by atoms with Gasteiger partial charge in [0.05, 0.1) is 0 Å². The fourth-order valence-corrected chi connectivity index (χ4v) is 5.63. The van der Waals surface area contributed by atoms with Crippen LogP contribution in [0.3, 0.4) is 0 Å². The normalized spacial score (nSPS) is 23.3. The number of carboxylic acid groups (broad SMARTS) is 1. The monoisotopic (exact) mass is 503 g/mol. The summed E-state index contributed by atoms with van der Waals surface area (Å²) in [4.78, 5) is 44.4. The molecular weight excluding hydrogens is 486 g/mol.